The lowest BCUT2D eigenvalue weighted by Gasteiger charge is -2.00. The highest BCUT2D eigenvalue weighted by molar-refractivity contribution is 5.79. The van der Waals surface area contributed by atoms with Gasteiger partial charge >= 0.3 is 0 Å². The molecule has 0 N–H and O–H groups in total. The van der Waals surface area contributed by atoms with E-state index in [4.69, 9.17) is 0 Å². The summed E-state index contributed by atoms with van der Waals surface area (Å²) in [4.78, 5) is 5.91. The molecule has 0 aliphatic heterocycles. The van der Waals surface area contributed by atoms with Crippen molar-refractivity contribution in [3.63, 3.8) is 0 Å². The van der Waals surface area contributed by atoms with E-state index in [1.54, 1.807) is 6.20 Å². The van der Waals surface area contributed by atoms with Crippen LogP contribution in [0.15, 0.2) is 36.5 Å². The molecule has 3 rings (SSSR count). The van der Waals surface area contributed by atoms with Crippen LogP contribution in [0.25, 0.3) is 16.6 Å². The lowest BCUT2D eigenvalue weighted by molar-refractivity contribution is 0.710. The van der Waals surface area contributed by atoms with Gasteiger partial charge in [-0.15, -0.1) is 15.0 Å². The van der Waals surface area contributed by atoms with Gasteiger partial charge in [-0.05, 0) is 17.3 Å². The van der Waals surface area contributed by atoms with E-state index in [0.29, 0.717) is 0 Å². The molecule has 5 nitrogen and oxygen atoms in total. The second kappa shape index (κ2) is 4.18. The van der Waals surface area contributed by atoms with Crippen molar-refractivity contribution in [2.24, 2.45) is 0 Å². The van der Waals surface area contributed by atoms with E-state index in [-0.39, 0.29) is 5.92 Å². The van der Waals surface area contributed by atoms with Gasteiger partial charge in [0, 0.05) is 11.3 Å². The fourth-order valence-electron chi connectivity index (χ4n) is 1.73. The Bertz CT molecular complexity index is 686. The number of nitrogens with zero attached hydrogens (tertiary/aromatic N) is 5. The van der Waals surface area contributed by atoms with Gasteiger partial charge in [-0.3, -0.25) is 4.98 Å². The Balaban J connectivity index is 2.07. The van der Waals surface area contributed by atoms with Gasteiger partial charge in [0.15, 0.2) is 5.82 Å². The van der Waals surface area contributed by atoms with Crippen molar-refractivity contribution in [1.29, 1.82) is 0 Å². The highest BCUT2D eigenvalue weighted by atomic mass is 15.6. The highest BCUT2D eigenvalue weighted by Crippen LogP contribution is 2.15. The monoisotopic (exact) mass is 239 g/mol. The molecule has 90 valence electrons. The van der Waals surface area contributed by atoms with Crippen LogP contribution in [0.5, 0.6) is 0 Å². The Kier molecular flexibility index (Phi) is 2.51. The number of hydrogen-bond donors (Lipinski definition) is 0. The maximum atomic E-state index is 4.38. The van der Waals surface area contributed by atoms with Crippen molar-refractivity contribution in [3.8, 4) is 5.69 Å². The van der Waals surface area contributed by atoms with Gasteiger partial charge in [0.05, 0.1) is 11.7 Å². The molecule has 2 aromatic heterocycles. The molecule has 3 aromatic rings. The molecule has 1 aromatic carbocycles. The first kappa shape index (κ1) is 10.8. The Labute approximate surface area is 104 Å². The van der Waals surface area contributed by atoms with Crippen molar-refractivity contribution in [2.75, 3.05) is 0 Å². The first-order valence-corrected chi connectivity index (χ1v) is 5.89. The van der Waals surface area contributed by atoms with E-state index in [9.17, 15) is 0 Å². The fraction of sp³-hybridized carbons (Fsp3) is 0.231. The molecule has 0 aliphatic rings. The maximum Gasteiger partial charge on any atom is 0.177 e. The quantitative estimate of drug-likeness (QED) is 0.688. The van der Waals surface area contributed by atoms with Crippen LogP contribution in [-0.4, -0.2) is 25.2 Å². The van der Waals surface area contributed by atoms with Gasteiger partial charge in [-0.2, -0.15) is 0 Å². The number of hydrogen-bond acceptors (Lipinski definition) is 4. The first-order chi connectivity index (χ1) is 8.74. The third kappa shape index (κ3) is 1.84. The lowest BCUT2D eigenvalue weighted by atomic mass is 10.2. The number of rotatable bonds is 2. The minimum atomic E-state index is 0.271. The number of pyridine rings is 1. The van der Waals surface area contributed by atoms with Crippen molar-refractivity contribution < 1.29 is 0 Å². The summed E-state index contributed by atoms with van der Waals surface area (Å²) in [6, 6.07) is 9.97. The Morgan fingerprint density at radius 1 is 1.17 bits per heavy atom. The van der Waals surface area contributed by atoms with E-state index >= 15 is 0 Å². The third-order valence-corrected chi connectivity index (χ3v) is 2.75. The smallest absolute Gasteiger partial charge is 0.177 e. The van der Waals surface area contributed by atoms with Gasteiger partial charge in [0.2, 0.25) is 0 Å². The lowest BCUT2D eigenvalue weighted by Crippen LogP contribution is -2.00. The second-order valence-electron chi connectivity index (χ2n) is 4.48. The summed E-state index contributed by atoms with van der Waals surface area (Å²) in [7, 11) is 0. The summed E-state index contributed by atoms with van der Waals surface area (Å²) in [5.74, 6) is 1.01. The Morgan fingerprint density at radius 2 is 2.00 bits per heavy atom. The summed E-state index contributed by atoms with van der Waals surface area (Å²) in [5.41, 5.74) is 1.79. The van der Waals surface area contributed by atoms with Gasteiger partial charge in [-0.1, -0.05) is 32.0 Å². The zero-order valence-electron chi connectivity index (χ0n) is 10.3. The summed E-state index contributed by atoms with van der Waals surface area (Å²) in [6.45, 7) is 4.08. The predicted octanol–water partition coefficient (Wildman–Crippen LogP) is 2.33. The standard InChI is InChI=1S/C13H13N5/c1-9(2)13-15-17-18(16-13)11-7-10-5-3-4-6-12(10)14-8-11/h3-9H,1-2H3. The summed E-state index contributed by atoms with van der Waals surface area (Å²) >= 11 is 0. The average molecular weight is 239 g/mol. The minimum absolute atomic E-state index is 0.271. The summed E-state index contributed by atoms with van der Waals surface area (Å²) < 4.78 is 0. The van der Waals surface area contributed by atoms with Crippen LogP contribution < -0.4 is 0 Å². The highest BCUT2D eigenvalue weighted by Gasteiger charge is 2.08. The molecular weight excluding hydrogens is 226 g/mol. The second-order valence-corrected chi connectivity index (χ2v) is 4.48. The van der Waals surface area contributed by atoms with Crippen molar-refractivity contribution in [1.82, 2.24) is 25.2 Å². The third-order valence-electron chi connectivity index (χ3n) is 2.75. The fourth-order valence-corrected chi connectivity index (χ4v) is 1.73. The number of fused-ring (bicyclic) bond motifs is 1. The van der Waals surface area contributed by atoms with Crippen LogP contribution in [0.3, 0.4) is 0 Å². The van der Waals surface area contributed by atoms with Crippen LogP contribution in [0.1, 0.15) is 25.6 Å². The molecule has 0 radical (unpaired) electrons. The van der Waals surface area contributed by atoms with Crippen molar-refractivity contribution >= 4 is 10.9 Å². The zero-order valence-corrected chi connectivity index (χ0v) is 10.3. The molecular formula is C13H13N5. The normalized spacial score (nSPS) is 11.3. The van der Waals surface area contributed by atoms with Crippen LogP contribution in [0, 0.1) is 0 Å². The zero-order chi connectivity index (χ0) is 12.5. The molecule has 0 aliphatic carbocycles. The summed E-state index contributed by atoms with van der Waals surface area (Å²) in [6.07, 6.45) is 1.76. The SMILES string of the molecule is CC(C)c1nnn(-c2cnc3ccccc3c2)n1. The number of tetrazole rings is 1. The Morgan fingerprint density at radius 3 is 2.78 bits per heavy atom. The minimum Gasteiger partial charge on any atom is -0.254 e. The van der Waals surface area contributed by atoms with E-state index in [1.165, 1.54) is 4.80 Å². The molecule has 0 spiro atoms. The molecule has 0 bridgehead atoms. The van der Waals surface area contributed by atoms with Crippen LogP contribution in [-0.2, 0) is 0 Å². The van der Waals surface area contributed by atoms with Gasteiger partial charge < -0.3 is 0 Å². The van der Waals surface area contributed by atoms with Crippen molar-refractivity contribution in [2.45, 2.75) is 19.8 Å². The topological polar surface area (TPSA) is 56.5 Å². The molecule has 0 fully saturated rings. The molecule has 0 atom stereocenters. The van der Waals surface area contributed by atoms with E-state index < -0.39 is 0 Å². The van der Waals surface area contributed by atoms with Gasteiger partial charge in [-0.25, -0.2) is 0 Å². The van der Waals surface area contributed by atoms with Crippen LogP contribution in [0.4, 0.5) is 0 Å². The van der Waals surface area contributed by atoms with Gasteiger partial charge in [0.1, 0.15) is 5.69 Å². The van der Waals surface area contributed by atoms with Crippen molar-refractivity contribution in [3.05, 3.63) is 42.4 Å². The van der Waals surface area contributed by atoms with E-state index in [0.717, 1.165) is 22.4 Å². The molecule has 18 heavy (non-hydrogen) atoms. The molecule has 0 saturated heterocycles. The Hall–Kier alpha value is -2.30. The average Bonchev–Trinajstić information content (AvgIpc) is 2.88. The van der Waals surface area contributed by atoms with Crippen LogP contribution >= 0.6 is 0 Å². The summed E-state index contributed by atoms with van der Waals surface area (Å²) in [5, 5.41) is 13.5. The van der Waals surface area contributed by atoms with E-state index in [1.807, 2.05) is 44.2 Å². The number of benzene rings is 1. The predicted molar refractivity (Wildman–Crippen MR) is 68.5 cm³/mol. The van der Waals surface area contributed by atoms with Crippen LogP contribution in [0.2, 0.25) is 0 Å². The number of para-hydroxylation sites is 1. The molecule has 0 unspecified atom stereocenters. The molecule has 5 heteroatoms. The molecule has 0 amide bonds. The van der Waals surface area contributed by atoms with Gasteiger partial charge in [0.25, 0.3) is 0 Å². The molecule has 0 saturated carbocycles. The van der Waals surface area contributed by atoms with E-state index in [2.05, 4.69) is 20.4 Å². The first-order valence-electron chi connectivity index (χ1n) is 5.89. The number of aromatic nitrogens is 5. The largest absolute Gasteiger partial charge is 0.254 e. The molecule has 2 heterocycles. The maximum absolute atomic E-state index is 4.38.